The number of allylic oxidation sites excluding steroid dienone is 1. The van der Waals surface area contributed by atoms with Crippen molar-refractivity contribution in [2.75, 3.05) is 18.0 Å². The molecule has 0 unspecified atom stereocenters. The smallest absolute Gasteiger partial charge is 0.309 e. The van der Waals surface area contributed by atoms with Crippen LogP contribution in [-0.2, 0) is 21.2 Å². The van der Waals surface area contributed by atoms with Crippen LogP contribution in [0.15, 0.2) is 59.5 Å². The fourth-order valence-corrected chi connectivity index (χ4v) is 6.98. The lowest BCUT2D eigenvalue weighted by atomic mass is 9.79. The Morgan fingerprint density at radius 1 is 1.15 bits per heavy atom. The van der Waals surface area contributed by atoms with Crippen LogP contribution >= 0.6 is 11.6 Å². The van der Waals surface area contributed by atoms with Gasteiger partial charge in [0.05, 0.1) is 28.1 Å². The summed E-state index contributed by atoms with van der Waals surface area (Å²) in [7, 11) is -2.96. The molecule has 212 valence electrons. The molecule has 0 fully saturated rings. The Balaban J connectivity index is 1.82. The normalized spacial score (nSPS) is 16.0. The SMILES string of the molecule is COc1cc(S(=O)(=O)N2C[C@H](CC(C)(C)C(=O)O)Cc3ccc(/C=C(\C)c4c(F)cccc4Cl)cc32)ccc1F. The second kappa shape index (κ2) is 11.2. The van der Waals surface area contributed by atoms with Gasteiger partial charge in [-0.1, -0.05) is 35.9 Å². The summed E-state index contributed by atoms with van der Waals surface area (Å²) in [6.45, 7) is 4.96. The molecule has 0 amide bonds. The first-order chi connectivity index (χ1) is 18.7. The average molecular weight is 590 g/mol. The third kappa shape index (κ3) is 5.86. The van der Waals surface area contributed by atoms with Gasteiger partial charge in [-0.2, -0.15) is 0 Å². The summed E-state index contributed by atoms with van der Waals surface area (Å²) in [4.78, 5) is 11.7. The van der Waals surface area contributed by atoms with Crippen LogP contribution in [0.25, 0.3) is 11.6 Å². The zero-order valence-electron chi connectivity index (χ0n) is 22.5. The zero-order valence-corrected chi connectivity index (χ0v) is 24.1. The maximum atomic E-state index is 14.5. The number of anilines is 1. The average Bonchev–Trinajstić information content (AvgIpc) is 2.88. The van der Waals surface area contributed by atoms with Crippen molar-refractivity contribution in [1.29, 1.82) is 0 Å². The zero-order chi connectivity index (χ0) is 29.4. The van der Waals surface area contributed by atoms with Crippen molar-refractivity contribution in [3.05, 3.63) is 87.9 Å². The molecular weight excluding hydrogens is 560 g/mol. The largest absolute Gasteiger partial charge is 0.494 e. The number of rotatable bonds is 8. The number of hydrogen-bond donors (Lipinski definition) is 1. The molecule has 3 aromatic rings. The summed E-state index contributed by atoms with van der Waals surface area (Å²) < 4.78 is 62.8. The number of halogens is 3. The Morgan fingerprint density at radius 2 is 1.88 bits per heavy atom. The van der Waals surface area contributed by atoms with Crippen molar-refractivity contribution >= 4 is 44.9 Å². The number of carboxylic acids is 1. The van der Waals surface area contributed by atoms with Gasteiger partial charge in [0.2, 0.25) is 0 Å². The highest BCUT2D eigenvalue weighted by atomic mass is 35.5. The van der Waals surface area contributed by atoms with E-state index in [-0.39, 0.29) is 40.1 Å². The number of fused-ring (bicyclic) bond motifs is 1. The molecule has 4 rings (SSSR count). The summed E-state index contributed by atoms with van der Waals surface area (Å²) in [5.41, 5.74) is 1.48. The fourth-order valence-electron chi connectivity index (χ4n) is 5.08. The first-order valence-corrected chi connectivity index (χ1v) is 14.4. The Labute approximate surface area is 237 Å². The van der Waals surface area contributed by atoms with E-state index < -0.39 is 33.0 Å². The number of sulfonamides is 1. The first-order valence-electron chi connectivity index (χ1n) is 12.6. The molecule has 0 saturated heterocycles. The van der Waals surface area contributed by atoms with Crippen molar-refractivity contribution in [2.45, 2.75) is 38.5 Å². The third-order valence-corrected chi connectivity index (χ3v) is 9.23. The van der Waals surface area contributed by atoms with Gasteiger partial charge in [0.15, 0.2) is 11.6 Å². The molecule has 0 spiro atoms. The molecule has 0 aliphatic carbocycles. The van der Waals surface area contributed by atoms with Crippen molar-refractivity contribution in [1.82, 2.24) is 0 Å². The van der Waals surface area contributed by atoms with Crippen LogP contribution in [0, 0.1) is 23.0 Å². The van der Waals surface area contributed by atoms with E-state index in [0.717, 1.165) is 12.1 Å². The van der Waals surface area contributed by atoms with Crippen molar-refractivity contribution < 1.29 is 31.8 Å². The lowest BCUT2D eigenvalue weighted by molar-refractivity contribution is -0.147. The van der Waals surface area contributed by atoms with E-state index in [2.05, 4.69) is 0 Å². The van der Waals surface area contributed by atoms with Crippen molar-refractivity contribution in [3.8, 4) is 5.75 Å². The minimum atomic E-state index is -4.21. The molecule has 0 aromatic heterocycles. The molecule has 1 aliphatic rings. The second-order valence-corrected chi connectivity index (χ2v) is 12.9. The van der Waals surface area contributed by atoms with E-state index >= 15 is 0 Å². The number of aliphatic carboxylic acids is 1. The van der Waals surface area contributed by atoms with Crippen LogP contribution in [0.2, 0.25) is 5.02 Å². The molecule has 0 saturated carbocycles. The van der Waals surface area contributed by atoms with E-state index in [9.17, 15) is 27.1 Å². The van der Waals surface area contributed by atoms with Crippen LogP contribution in [-0.4, -0.2) is 33.1 Å². The number of carbonyl (C=O) groups is 1. The highest BCUT2D eigenvalue weighted by molar-refractivity contribution is 7.92. The Bertz CT molecular complexity index is 1580. The summed E-state index contributed by atoms with van der Waals surface area (Å²) in [5.74, 6) is -2.65. The number of benzene rings is 3. The molecule has 3 aromatic carbocycles. The summed E-state index contributed by atoms with van der Waals surface area (Å²) in [5, 5.41) is 9.94. The lowest BCUT2D eigenvalue weighted by Crippen LogP contribution is -2.42. The Hall–Kier alpha value is -3.43. The number of nitrogens with zero attached hydrogens (tertiary/aromatic N) is 1. The van der Waals surface area contributed by atoms with E-state index in [4.69, 9.17) is 16.3 Å². The van der Waals surface area contributed by atoms with E-state index in [1.165, 1.54) is 29.6 Å². The van der Waals surface area contributed by atoms with Crippen LogP contribution < -0.4 is 9.04 Å². The van der Waals surface area contributed by atoms with Gasteiger partial charge in [0.25, 0.3) is 10.0 Å². The Morgan fingerprint density at radius 3 is 2.52 bits per heavy atom. The molecular formula is C30H30ClF2NO5S. The number of hydrogen-bond acceptors (Lipinski definition) is 4. The van der Waals surface area contributed by atoms with E-state index in [0.29, 0.717) is 28.8 Å². The second-order valence-electron chi connectivity index (χ2n) is 10.6. The summed E-state index contributed by atoms with van der Waals surface area (Å²) >= 11 is 6.24. The third-order valence-electron chi connectivity index (χ3n) is 7.14. The molecule has 0 bridgehead atoms. The van der Waals surface area contributed by atoms with Crippen LogP contribution in [0.4, 0.5) is 14.5 Å². The minimum absolute atomic E-state index is 0.0248. The summed E-state index contributed by atoms with van der Waals surface area (Å²) in [6, 6.07) is 13.0. The monoisotopic (exact) mass is 589 g/mol. The van der Waals surface area contributed by atoms with Crippen molar-refractivity contribution in [2.24, 2.45) is 11.3 Å². The highest BCUT2D eigenvalue weighted by Gasteiger charge is 2.38. The van der Waals surface area contributed by atoms with Gasteiger partial charge in [-0.25, -0.2) is 17.2 Å². The van der Waals surface area contributed by atoms with Gasteiger partial charge in [-0.15, -0.1) is 0 Å². The highest BCUT2D eigenvalue weighted by Crippen LogP contribution is 2.40. The van der Waals surface area contributed by atoms with E-state index in [1.54, 1.807) is 51.1 Å². The van der Waals surface area contributed by atoms with Gasteiger partial charge >= 0.3 is 5.97 Å². The van der Waals surface area contributed by atoms with Gasteiger partial charge in [-0.3, -0.25) is 9.10 Å². The van der Waals surface area contributed by atoms with Gasteiger partial charge in [0.1, 0.15) is 5.82 Å². The molecule has 1 heterocycles. The lowest BCUT2D eigenvalue weighted by Gasteiger charge is -2.37. The maximum Gasteiger partial charge on any atom is 0.309 e. The topological polar surface area (TPSA) is 83.9 Å². The van der Waals surface area contributed by atoms with Crippen LogP contribution in [0.1, 0.15) is 43.9 Å². The maximum absolute atomic E-state index is 14.5. The fraction of sp³-hybridized carbons (Fsp3) is 0.300. The van der Waals surface area contributed by atoms with Gasteiger partial charge in [0, 0.05) is 18.2 Å². The predicted octanol–water partition coefficient (Wildman–Crippen LogP) is 7.06. The van der Waals surface area contributed by atoms with Gasteiger partial charge < -0.3 is 9.84 Å². The molecule has 6 nitrogen and oxygen atoms in total. The van der Waals surface area contributed by atoms with Crippen LogP contribution in [0.3, 0.4) is 0 Å². The first kappa shape index (κ1) is 29.6. The van der Waals surface area contributed by atoms with Gasteiger partial charge in [-0.05, 0) is 86.6 Å². The molecule has 10 heteroatoms. The van der Waals surface area contributed by atoms with Crippen LogP contribution in [0.5, 0.6) is 5.75 Å². The molecule has 1 atom stereocenters. The molecule has 1 aliphatic heterocycles. The predicted molar refractivity (Wildman–Crippen MR) is 152 cm³/mol. The quantitative estimate of drug-likeness (QED) is 0.285. The summed E-state index contributed by atoms with van der Waals surface area (Å²) in [6.07, 6.45) is 2.43. The minimum Gasteiger partial charge on any atom is -0.494 e. The molecule has 0 radical (unpaired) electrons. The van der Waals surface area contributed by atoms with E-state index in [1.807, 2.05) is 0 Å². The molecule has 1 N–H and O–H groups in total. The standard InChI is InChI=1S/C30H30ClF2NO5S/c1-18(28-23(31)6-5-7-25(28)33)12-19-8-9-21-13-20(16-30(2,3)29(35)36)17-34(26(21)14-19)40(37,38)22-10-11-24(32)27(15-22)39-4/h5-12,14-15,20H,13,16-17H2,1-4H3,(H,35,36)/b18-12+/t20-/m0/s1. The number of methoxy groups -OCH3 is 1. The molecule has 40 heavy (non-hydrogen) atoms. The number of ether oxygens (including phenoxy) is 1. The Kier molecular flexibility index (Phi) is 8.28. The van der Waals surface area contributed by atoms with Crippen molar-refractivity contribution in [3.63, 3.8) is 0 Å². The number of carboxylic acid groups (broad SMARTS) is 1.